The highest BCUT2D eigenvalue weighted by molar-refractivity contribution is 5.92. The lowest BCUT2D eigenvalue weighted by Crippen LogP contribution is -2.41. The fourth-order valence-electron chi connectivity index (χ4n) is 1.87. The first-order valence-electron chi connectivity index (χ1n) is 7.67. The molecule has 22 heavy (non-hydrogen) atoms. The first-order chi connectivity index (χ1) is 10.6. The molecule has 0 spiro atoms. The van der Waals surface area contributed by atoms with Gasteiger partial charge >= 0.3 is 12.1 Å². The highest BCUT2D eigenvalue weighted by Crippen LogP contribution is 2.15. The Labute approximate surface area is 131 Å². The summed E-state index contributed by atoms with van der Waals surface area (Å²) in [6.07, 6.45) is 3.80. The van der Waals surface area contributed by atoms with Gasteiger partial charge in [-0.05, 0) is 25.0 Å². The summed E-state index contributed by atoms with van der Waals surface area (Å²) in [6.45, 7) is 5.34. The number of amides is 4. The van der Waals surface area contributed by atoms with Crippen molar-refractivity contribution in [2.24, 2.45) is 5.73 Å². The Morgan fingerprint density at radius 2 is 1.95 bits per heavy atom. The Morgan fingerprint density at radius 1 is 1.23 bits per heavy atom. The summed E-state index contributed by atoms with van der Waals surface area (Å²) in [6, 6.07) is 4.23. The molecule has 0 fully saturated rings. The number of urea groups is 2. The van der Waals surface area contributed by atoms with Crippen LogP contribution in [0.25, 0.3) is 0 Å². The van der Waals surface area contributed by atoms with Crippen molar-refractivity contribution in [2.45, 2.75) is 39.5 Å². The van der Waals surface area contributed by atoms with Gasteiger partial charge in [0.1, 0.15) is 11.6 Å². The van der Waals surface area contributed by atoms with Gasteiger partial charge in [0.2, 0.25) is 0 Å². The lowest BCUT2D eigenvalue weighted by molar-refractivity contribution is 0.246. The van der Waals surface area contributed by atoms with Crippen LogP contribution in [0.2, 0.25) is 0 Å². The number of carbonyl (C=O) groups excluding carboxylic acids is 2. The number of carbonyl (C=O) groups is 2. The summed E-state index contributed by atoms with van der Waals surface area (Å²) in [7, 11) is 0. The highest BCUT2D eigenvalue weighted by atomic mass is 16.2. The fraction of sp³-hybridized carbons (Fsp3) is 0.533. The molecule has 7 heteroatoms. The molecule has 4 amide bonds. The molecule has 0 radical (unpaired) electrons. The van der Waals surface area contributed by atoms with Gasteiger partial charge in [0.15, 0.2) is 0 Å². The van der Waals surface area contributed by atoms with E-state index in [1.807, 2.05) is 0 Å². The van der Waals surface area contributed by atoms with E-state index in [0.717, 1.165) is 25.7 Å². The number of rotatable bonds is 8. The molecule has 1 heterocycles. The molecular formula is C15H25N5O2. The number of unbranched alkanes of at least 4 members (excludes halogenated alkanes) is 2. The molecule has 0 aliphatic rings. The number of hydrogen-bond acceptors (Lipinski definition) is 3. The number of aromatic nitrogens is 1. The zero-order valence-corrected chi connectivity index (χ0v) is 13.3. The van der Waals surface area contributed by atoms with Gasteiger partial charge < -0.3 is 11.1 Å². The van der Waals surface area contributed by atoms with E-state index in [4.69, 9.17) is 5.73 Å². The van der Waals surface area contributed by atoms with Crippen LogP contribution >= 0.6 is 0 Å². The van der Waals surface area contributed by atoms with Crippen molar-refractivity contribution in [3.05, 3.63) is 18.2 Å². The molecular weight excluding hydrogens is 282 g/mol. The van der Waals surface area contributed by atoms with Crippen LogP contribution in [0, 0.1) is 0 Å². The van der Waals surface area contributed by atoms with Gasteiger partial charge in [-0.3, -0.25) is 10.2 Å². The Kier molecular flexibility index (Phi) is 7.74. The molecule has 1 rings (SSSR count). The van der Waals surface area contributed by atoms with E-state index < -0.39 is 6.03 Å². The maximum Gasteiger partial charge on any atom is 0.323 e. The summed E-state index contributed by atoms with van der Waals surface area (Å²) in [5.41, 5.74) is 5.09. The van der Waals surface area contributed by atoms with E-state index >= 15 is 0 Å². The molecule has 1 aromatic rings. The van der Waals surface area contributed by atoms with Crippen LogP contribution in [0.3, 0.4) is 0 Å². The first kappa shape index (κ1) is 17.7. The van der Waals surface area contributed by atoms with E-state index in [9.17, 15) is 9.59 Å². The second-order valence-electron chi connectivity index (χ2n) is 4.96. The van der Waals surface area contributed by atoms with Crippen molar-refractivity contribution in [1.82, 2.24) is 10.3 Å². The summed E-state index contributed by atoms with van der Waals surface area (Å²) < 4.78 is 0. The third kappa shape index (κ3) is 5.99. The smallest absolute Gasteiger partial charge is 0.323 e. The fourth-order valence-corrected chi connectivity index (χ4v) is 1.87. The van der Waals surface area contributed by atoms with Gasteiger partial charge in [-0.25, -0.2) is 14.6 Å². The van der Waals surface area contributed by atoms with Gasteiger partial charge in [0, 0.05) is 13.1 Å². The molecule has 0 aromatic carbocycles. The lowest BCUT2D eigenvalue weighted by Gasteiger charge is -2.22. The maximum absolute atomic E-state index is 12.3. The zero-order valence-electron chi connectivity index (χ0n) is 13.3. The van der Waals surface area contributed by atoms with E-state index in [-0.39, 0.29) is 6.03 Å². The number of anilines is 2. The van der Waals surface area contributed by atoms with Crippen molar-refractivity contribution < 1.29 is 9.59 Å². The minimum absolute atomic E-state index is 0.175. The van der Waals surface area contributed by atoms with Gasteiger partial charge in [-0.15, -0.1) is 0 Å². The third-order valence-electron chi connectivity index (χ3n) is 3.05. The number of nitrogens with zero attached hydrogens (tertiary/aromatic N) is 2. The number of hydrogen-bond donors (Lipinski definition) is 3. The number of pyridine rings is 1. The van der Waals surface area contributed by atoms with E-state index in [0.29, 0.717) is 24.7 Å². The molecule has 1 aromatic heterocycles. The summed E-state index contributed by atoms with van der Waals surface area (Å²) in [5, 5.41) is 5.30. The molecule has 0 atom stereocenters. The van der Waals surface area contributed by atoms with Crippen LogP contribution in [0.15, 0.2) is 18.2 Å². The highest BCUT2D eigenvalue weighted by Gasteiger charge is 2.16. The third-order valence-corrected chi connectivity index (χ3v) is 3.05. The van der Waals surface area contributed by atoms with Crippen molar-refractivity contribution in [2.75, 3.05) is 23.3 Å². The van der Waals surface area contributed by atoms with Gasteiger partial charge in [-0.2, -0.15) is 0 Å². The van der Waals surface area contributed by atoms with Gasteiger partial charge in [-0.1, -0.05) is 32.8 Å². The predicted octanol–water partition coefficient (Wildman–Crippen LogP) is 2.69. The monoisotopic (exact) mass is 307 g/mol. The SMILES string of the molecule is CCCCNC(=O)N(CCCC)c1cccc(NC(N)=O)n1. The average molecular weight is 307 g/mol. The minimum atomic E-state index is -0.683. The average Bonchev–Trinajstić information content (AvgIpc) is 2.47. The van der Waals surface area contributed by atoms with Gasteiger partial charge in [0.05, 0.1) is 0 Å². The molecule has 0 aliphatic carbocycles. The normalized spacial score (nSPS) is 10.1. The molecule has 0 saturated heterocycles. The van der Waals surface area contributed by atoms with E-state index in [1.54, 1.807) is 23.1 Å². The molecule has 0 bridgehead atoms. The summed E-state index contributed by atoms with van der Waals surface area (Å²) in [5.74, 6) is 0.821. The van der Waals surface area contributed by atoms with Crippen LogP contribution in [-0.4, -0.2) is 30.1 Å². The largest absolute Gasteiger partial charge is 0.351 e. The standard InChI is InChI=1S/C15H25N5O2/c1-3-5-10-17-15(22)20(11-6-4-2)13-9-7-8-12(18-13)19-14(16)21/h7-9H,3-6,10-11H2,1-2H3,(H,17,22)(H3,16,18,19,21). The quantitative estimate of drug-likeness (QED) is 0.644. The summed E-state index contributed by atoms with van der Waals surface area (Å²) >= 11 is 0. The molecule has 0 unspecified atom stereocenters. The molecule has 0 aliphatic heterocycles. The number of nitrogens with two attached hydrogens (primary N) is 1. The molecule has 7 nitrogen and oxygen atoms in total. The van der Waals surface area contributed by atoms with Crippen molar-refractivity contribution in [1.29, 1.82) is 0 Å². The van der Waals surface area contributed by atoms with E-state index in [2.05, 4.69) is 29.5 Å². The Morgan fingerprint density at radius 3 is 2.59 bits per heavy atom. The molecule has 0 saturated carbocycles. The lowest BCUT2D eigenvalue weighted by atomic mass is 10.3. The first-order valence-corrected chi connectivity index (χ1v) is 7.67. The van der Waals surface area contributed by atoms with Crippen LogP contribution in [0.1, 0.15) is 39.5 Å². The summed E-state index contributed by atoms with van der Waals surface area (Å²) in [4.78, 5) is 29.1. The number of primary amides is 1. The van der Waals surface area contributed by atoms with Crippen molar-refractivity contribution in [3.63, 3.8) is 0 Å². The number of nitrogens with one attached hydrogen (secondary N) is 2. The van der Waals surface area contributed by atoms with Gasteiger partial charge in [0.25, 0.3) is 0 Å². The molecule has 122 valence electrons. The van der Waals surface area contributed by atoms with Crippen LogP contribution < -0.4 is 21.3 Å². The maximum atomic E-state index is 12.3. The second kappa shape index (κ2) is 9.59. The van der Waals surface area contributed by atoms with Crippen molar-refractivity contribution in [3.8, 4) is 0 Å². The zero-order chi connectivity index (χ0) is 16.4. The predicted molar refractivity (Wildman–Crippen MR) is 88.0 cm³/mol. The Hall–Kier alpha value is -2.31. The Bertz CT molecular complexity index is 493. The second-order valence-corrected chi connectivity index (χ2v) is 4.96. The van der Waals surface area contributed by atoms with E-state index in [1.165, 1.54) is 0 Å². The van der Waals surface area contributed by atoms with Crippen LogP contribution in [-0.2, 0) is 0 Å². The van der Waals surface area contributed by atoms with Crippen molar-refractivity contribution >= 4 is 23.7 Å². The van der Waals surface area contributed by atoms with Crippen LogP contribution in [0.4, 0.5) is 21.2 Å². The topological polar surface area (TPSA) is 100 Å². The minimum Gasteiger partial charge on any atom is -0.351 e. The van der Waals surface area contributed by atoms with Crippen LogP contribution in [0.5, 0.6) is 0 Å². The molecule has 4 N–H and O–H groups in total. The Balaban J connectivity index is 2.85.